The Balaban J connectivity index is 1.55. The number of hydrogen-bond donors (Lipinski definition) is 1. The van der Waals surface area contributed by atoms with E-state index in [4.69, 9.17) is 9.47 Å². The van der Waals surface area contributed by atoms with Crippen LogP contribution in [0.15, 0.2) is 24.3 Å². The maximum atomic E-state index is 12.1. The highest BCUT2D eigenvalue weighted by molar-refractivity contribution is 5.95. The van der Waals surface area contributed by atoms with Gasteiger partial charge in [0.15, 0.2) is 0 Å². The van der Waals surface area contributed by atoms with Gasteiger partial charge in [-0.15, -0.1) is 0 Å². The van der Waals surface area contributed by atoms with Gasteiger partial charge in [0, 0.05) is 25.3 Å². The van der Waals surface area contributed by atoms with Crippen LogP contribution < -0.4 is 10.2 Å². The summed E-state index contributed by atoms with van der Waals surface area (Å²) in [7, 11) is 0. The highest BCUT2D eigenvalue weighted by Crippen LogP contribution is 2.19. The van der Waals surface area contributed by atoms with Gasteiger partial charge in [0.2, 0.25) is 0 Å². The van der Waals surface area contributed by atoms with E-state index in [0.717, 1.165) is 11.3 Å². The largest absolute Gasteiger partial charge is 0.378 e. The third kappa shape index (κ3) is 4.04. The number of hydrogen-bond acceptors (Lipinski definition) is 4. The third-order valence-corrected chi connectivity index (χ3v) is 4.22. The van der Waals surface area contributed by atoms with Crippen molar-refractivity contribution in [2.75, 3.05) is 50.9 Å². The molecule has 130 valence electrons. The van der Waals surface area contributed by atoms with Crippen molar-refractivity contribution in [1.82, 2.24) is 10.2 Å². The molecule has 0 saturated carbocycles. The van der Waals surface area contributed by atoms with Gasteiger partial charge in [0.25, 0.3) is 5.91 Å². The summed E-state index contributed by atoms with van der Waals surface area (Å²) in [5.41, 5.74) is 1.97. The molecule has 0 radical (unpaired) electrons. The van der Waals surface area contributed by atoms with E-state index in [2.05, 4.69) is 5.32 Å². The van der Waals surface area contributed by atoms with E-state index in [1.807, 2.05) is 31.2 Å². The van der Waals surface area contributed by atoms with Crippen molar-refractivity contribution < 1.29 is 19.1 Å². The molecule has 1 atom stereocenters. The lowest BCUT2D eigenvalue weighted by Gasteiger charge is -2.34. The number of nitrogens with zero attached hydrogens (tertiary/aromatic N) is 2. The quantitative estimate of drug-likeness (QED) is 0.887. The lowest BCUT2D eigenvalue weighted by Crippen LogP contribution is -2.53. The second-order valence-electron chi connectivity index (χ2n) is 6.06. The molecule has 2 saturated heterocycles. The molecule has 24 heavy (non-hydrogen) atoms. The molecule has 1 N–H and O–H groups in total. The minimum Gasteiger partial charge on any atom is -0.378 e. The monoisotopic (exact) mass is 333 g/mol. The summed E-state index contributed by atoms with van der Waals surface area (Å²) in [6.07, 6.45) is -0.215. The predicted octanol–water partition coefficient (Wildman–Crippen LogP) is 0.769. The predicted molar refractivity (Wildman–Crippen MR) is 89.1 cm³/mol. The van der Waals surface area contributed by atoms with Crippen LogP contribution in [0.5, 0.6) is 0 Å². The normalized spacial score (nSPS) is 21.7. The fraction of sp³-hybridized carbons (Fsp3) is 0.529. The Bertz CT molecular complexity index is 601. The molecular formula is C17H23N3O4. The third-order valence-electron chi connectivity index (χ3n) is 4.22. The van der Waals surface area contributed by atoms with Crippen LogP contribution in [0, 0.1) is 6.92 Å². The Morgan fingerprint density at radius 2 is 2.12 bits per heavy atom. The molecule has 1 aromatic rings. The van der Waals surface area contributed by atoms with Gasteiger partial charge in [-0.1, -0.05) is 12.1 Å². The van der Waals surface area contributed by atoms with Crippen LogP contribution in [0.1, 0.15) is 5.56 Å². The zero-order valence-corrected chi connectivity index (χ0v) is 13.9. The summed E-state index contributed by atoms with van der Waals surface area (Å²) in [5.74, 6) is -0.0589. The number of benzene rings is 1. The van der Waals surface area contributed by atoms with Crippen LogP contribution in [0.4, 0.5) is 10.5 Å². The summed E-state index contributed by atoms with van der Waals surface area (Å²) in [6, 6.07) is 7.71. The van der Waals surface area contributed by atoms with E-state index < -0.39 is 0 Å². The molecule has 3 amide bonds. The minimum absolute atomic E-state index is 0.0338. The first-order chi connectivity index (χ1) is 11.6. The van der Waals surface area contributed by atoms with Crippen LogP contribution in [0.2, 0.25) is 0 Å². The molecule has 2 aliphatic rings. The zero-order chi connectivity index (χ0) is 16.9. The maximum Gasteiger partial charge on any atom is 0.317 e. The van der Waals surface area contributed by atoms with Crippen molar-refractivity contribution in [3.63, 3.8) is 0 Å². The average molecular weight is 333 g/mol. The van der Waals surface area contributed by atoms with E-state index in [9.17, 15) is 9.59 Å². The number of carbonyl (C=O) groups is 2. The molecule has 1 unspecified atom stereocenters. The lowest BCUT2D eigenvalue weighted by molar-refractivity contribution is -0.129. The molecule has 0 aliphatic carbocycles. The van der Waals surface area contributed by atoms with Crippen molar-refractivity contribution in [3.8, 4) is 0 Å². The van der Waals surface area contributed by atoms with Crippen molar-refractivity contribution in [1.29, 1.82) is 0 Å². The van der Waals surface area contributed by atoms with Crippen LogP contribution in [-0.2, 0) is 14.3 Å². The van der Waals surface area contributed by atoms with E-state index in [1.165, 1.54) is 0 Å². The van der Waals surface area contributed by atoms with E-state index in [-0.39, 0.29) is 24.6 Å². The highest BCUT2D eigenvalue weighted by atomic mass is 16.5. The SMILES string of the molecule is Cc1cccc(N2CC(CNC(=O)N3CCOCC3)OCC2=O)c1. The number of morpholine rings is 2. The van der Waals surface area contributed by atoms with Crippen molar-refractivity contribution in [2.45, 2.75) is 13.0 Å². The topological polar surface area (TPSA) is 71.1 Å². The summed E-state index contributed by atoms with van der Waals surface area (Å²) in [5, 5.41) is 2.89. The van der Waals surface area contributed by atoms with Crippen LogP contribution in [0.25, 0.3) is 0 Å². The molecule has 0 aromatic heterocycles. The Labute approximate surface area is 141 Å². The Kier molecular flexibility index (Phi) is 5.32. The number of rotatable bonds is 3. The first kappa shape index (κ1) is 16.7. The molecule has 0 bridgehead atoms. The second kappa shape index (κ2) is 7.63. The first-order valence-corrected chi connectivity index (χ1v) is 8.22. The van der Waals surface area contributed by atoms with E-state index >= 15 is 0 Å². The maximum absolute atomic E-state index is 12.1. The number of urea groups is 1. The Hall–Kier alpha value is -2.12. The summed E-state index contributed by atoms with van der Waals surface area (Å²) in [4.78, 5) is 27.7. The van der Waals surface area contributed by atoms with Crippen molar-refractivity contribution >= 4 is 17.6 Å². The fourth-order valence-corrected chi connectivity index (χ4v) is 2.87. The first-order valence-electron chi connectivity index (χ1n) is 8.22. The van der Waals surface area contributed by atoms with Crippen LogP contribution in [-0.4, -0.2) is 68.9 Å². The van der Waals surface area contributed by atoms with Crippen molar-refractivity contribution in [2.24, 2.45) is 0 Å². The van der Waals surface area contributed by atoms with Gasteiger partial charge in [-0.3, -0.25) is 4.79 Å². The van der Waals surface area contributed by atoms with E-state index in [0.29, 0.717) is 39.4 Å². The standard InChI is InChI=1S/C17H23N3O4/c1-13-3-2-4-14(9-13)20-11-15(24-12-16(20)21)10-18-17(22)19-5-7-23-8-6-19/h2-4,9,15H,5-8,10-12H2,1H3,(H,18,22). The van der Waals surface area contributed by atoms with Gasteiger partial charge >= 0.3 is 6.03 Å². The van der Waals surface area contributed by atoms with Gasteiger partial charge in [-0.2, -0.15) is 0 Å². The zero-order valence-electron chi connectivity index (χ0n) is 13.9. The average Bonchev–Trinajstić information content (AvgIpc) is 2.61. The molecular weight excluding hydrogens is 310 g/mol. The molecule has 2 aliphatic heterocycles. The van der Waals surface area contributed by atoms with Crippen LogP contribution >= 0.6 is 0 Å². The van der Waals surface area contributed by atoms with Crippen molar-refractivity contribution in [3.05, 3.63) is 29.8 Å². The molecule has 0 spiro atoms. The highest BCUT2D eigenvalue weighted by Gasteiger charge is 2.28. The molecule has 1 aromatic carbocycles. The molecule has 2 heterocycles. The fourth-order valence-electron chi connectivity index (χ4n) is 2.87. The van der Waals surface area contributed by atoms with Gasteiger partial charge in [0.1, 0.15) is 6.61 Å². The van der Waals surface area contributed by atoms with Gasteiger partial charge in [0.05, 0.1) is 25.9 Å². The number of nitrogens with one attached hydrogen (secondary N) is 1. The second-order valence-corrected chi connectivity index (χ2v) is 6.06. The summed E-state index contributed by atoms with van der Waals surface area (Å²) in [6.45, 7) is 5.19. The number of anilines is 1. The Morgan fingerprint density at radius 1 is 1.33 bits per heavy atom. The molecule has 3 rings (SSSR count). The summed E-state index contributed by atoms with van der Waals surface area (Å²) < 4.78 is 10.8. The van der Waals surface area contributed by atoms with Gasteiger partial charge in [-0.05, 0) is 24.6 Å². The van der Waals surface area contributed by atoms with Crippen LogP contribution in [0.3, 0.4) is 0 Å². The Morgan fingerprint density at radius 3 is 2.88 bits per heavy atom. The van der Waals surface area contributed by atoms with E-state index in [1.54, 1.807) is 9.80 Å². The molecule has 2 fully saturated rings. The summed E-state index contributed by atoms with van der Waals surface area (Å²) >= 11 is 0. The number of amides is 3. The minimum atomic E-state index is -0.215. The molecule has 7 heteroatoms. The smallest absolute Gasteiger partial charge is 0.317 e. The molecule has 7 nitrogen and oxygen atoms in total. The number of ether oxygens (including phenoxy) is 2. The number of aryl methyl sites for hydroxylation is 1. The van der Waals surface area contributed by atoms with Gasteiger partial charge < -0.3 is 24.6 Å². The lowest BCUT2D eigenvalue weighted by atomic mass is 10.1. The van der Waals surface area contributed by atoms with Gasteiger partial charge in [-0.25, -0.2) is 4.79 Å². The number of carbonyl (C=O) groups excluding carboxylic acids is 2.